The Bertz CT molecular complexity index is 941. The summed E-state index contributed by atoms with van der Waals surface area (Å²) in [5.74, 6) is -1.06. The van der Waals surface area contributed by atoms with E-state index in [1.165, 1.54) is 0 Å². The van der Waals surface area contributed by atoms with E-state index in [0.29, 0.717) is 13.1 Å². The number of nitrogens with one attached hydrogen (secondary N) is 2. The first-order valence-corrected chi connectivity index (χ1v) is 9.91. The third-order valence-electron chi connectivity index (χ3n) is 4.73. The molecule has 2 aromatic carbocycles. The summed E-state index contributed by atoms with van der Waals surface area (Å²) >= 11 is 5.37. The van der Waals surface area contributed by atoms with E-state index in [1.807, 2.05) is 42.5 Å². The highest BCUT2D eigenvalue weighted by Crippen LogP contribution is 2.19. The SMILES string of the molecule is CCOC(=O)CC1C(=O)NCCN1C(=S)NC(=O)Cc1cccc2ccccc12. The molecule has 0 bridgehead atoms. The average molecular weight is 413 g/mol. The van der Waals surface area contributed by atoms with Crippen LogP contribution in [0, 0.1) is 0 Å². The van der Waals surface area contributed by atoms with Crippen LogP contribution in [0.5, 0.6) is 0 Å². The van der Waals surface area contributed by atoms with E-state index in [1.54, 1.807) is 11.8 Å². The number of benzene rings is 2. The van der Waals surface area contributed by atoms with Crippen molar-refractivity contribution in [2.75, 3.05) is 19.7 Å². The van der Waals surface area contributed by atoms with Gasteiger partial charge in [0, 0.05) is 13.1 Å². The smallest absolute Gasteiger partial charge is 0.308 e. The van der Waals surface area contributed by atoms with Crippen molar-refractivity contribution in [3.05, 3.63) is 48.0 Å². The lowest BCUT2D eigenvalue weighted by Crippen LogP contribution is -2.60. The number of nitrogens with zero attached hydrogens (tertiary/aromatic N) is 1. The highest BCUT2D eigenvalue weighted by molar-refractivity contribution is 7.80. The van der Waals surface area contributed by atoms with Crippen molar-refractivity contribution >= 4 is 45.9 Å². The highest BCUT2D eigenvalue weighted by Gasteiger charge is 2.34. The number of fused-ring (bicyclic) bond motifs is 1. The fourth-order valence-corrected chi connectivity index (χ4v) is 3.73. The quantitative estimate of drug-likeness (QED) is 0.571. The standard InChI is InChI=1S/C21H23N3O4S/c1-2-28-19(26)13-17-20(27)22-10-11-24(17)21(29)23-18(25)12-15-8-5-7-14-6-3-4-9-16(14)15/h3-9,17H,2,10-13H2,1H3,(H,22,27)(H,23,25,29). The maximum absolute atomic E-state index is 12.6. The van der Waals surface area contributed by atoms with E-state index in [9.17, 15) is 14.4 Å². The molecule has 0 aromatic heterocycles. The number of hydrogen-bond donors (Lipinski definition) is 2. The Hall–Kier alpha value is -3.00. The van der Waals surface area contributed by atoms with Gasteiger partial charge in [-0.1, -0.05) is 42.5 Å². The van der Waals surface area contributed by atoms with Gasteiger partial charge in [0.25, 0.3) is 0 Å². The molecule has 0 aliphatic carbocycles. The molecule has 1 heterocycles. The van der Waals surface area contributed by atoms with Crippen molar-refractivity contribution in [2.24, 2.45) is 0 Å². The molecule has 1 aliphatic rings. The number of amides is 2. The van der Waals surface area contributed by atoms with Crippen molar-refractivity contribution in [1.82, 2.24) is 15.5 Å². The maximum Gasteiger partial charge on any atom is 0.308 e. The molecule has 2 amide bonds. The molecule has 152 valence electrons. The van der Waals surface area contributed by atoms with Crippen LogP contribution in [0.1, 0.15) is 18.9 Å². The fourth-order valence-electron chi connectivity index (χ4n) is 3.39. The molecule has 0 spiro atoms. The molecule has 1 unspecified atom stereocenters. The molecule has 0 radical (unpaired) electrons. The lowest BCUT2D eigenvalue weighted by molar-refractivity contribution is -0.147. The number of carbonyl (C=O) groups excluding carboxylic acids is 3. The van der Waals surface area contributed by atoms with Gasteiger partial charge in [0.05, 0.1) is 19.4 Å². The zero-order valence-corrected chi connectivity index (χ0v) is 17.0. The van der Waals surface area contributed by atoms with Crippen LogP contribution < -0.4 is 10.6 Å². The van der Waals surface area contributed by atoms with E-state index < -0.39 is 12.0 Å². The molecular weight excluding hydrogens is 390 g/mol. The second-order valence-corrected chi connectivity index (χ2v) is 7.06. The molecule has 0 saturated carbocycles. The van der Waals surface area contributed by atoms with Gasteiger partial charge < -0.3 is 20.3 Å². The Balaban J connectivity index is 1.68. The number of esters is 1. The second kappa shape index (κ2) is 9.47. The van der Waals surface area contributed by atoms with Crippen molar-refractivity contribution in [3.63, 3.8) is 0 Å². The Labute approximate surface area is 174 Å². The lowest BCUT2D eigenvalue weighted by atomic mass is 10.0. The third-order valence-corrected chi connectivity index (χ3v) is 5.07. The summed E-state index contributed by atoms with van der Waals surface area (Å²) in [7, 11) is 0. The molecule has 1 saturated heterocycles. The number of rotatable bonds is 5. The van der Waals surface area contributed by atoms with Crippen LogP contribution in [0.2, 0.25) is 0 Å². The van der Waals surface area contributed by atoms with Crippen LogP contribution in [-0.2, 0) is 25.5 Å². The summed E-state index contributed by atoms with van der Waals surface area (Å²) in [6.07, 6.45) is 0.0308. The van der Waals surface area contributed by atoms with Gasteiger partial charge in [-0.25, -0.2) is 0 Å². The normalized spacial score (nSPS) is 16.2. The summed E-state index contributed by atoms with van der Waals surface area (Å²) in [5.41, 5.74) is 0.892. The number of piperazine rings is 1. The average Bonchev–Trinajstić information content (AvgIpc) is 2.70. The van der Waals surface area contributed by atoms with Gasteiger partial charge in [-0.3, -0.25) is 14.4 Å². The van der Waals surface area contributed by atoms with Gasteiger partial charge >= 0.3 is 5.97 Å². The molecule has 1 aliphatic heterocycles. The van der Waals surface area contributed by atoms with Gasteiger partial charge in [-0.2, -0.15) is 0 Å². The predicted molar refractivity (Wildman–Crippen MR) is 113 cm³/mol. The zero-order chi connectivity index (χ0) is 20.8. The van der Waals surface area contributed by atoms with E-state index in [0.717, 1.165) is 16.3 Å². The molecule has 29 heavy (non-hydrogen) atoms. The molecule has 3 rings (SSSR count). The molecule has 8 heteroatoms. The van der Waals surface area contributed by atoms with E-state index in [4.69, 9.17) is 17.0 Å². The first-order chi connectivity index (χ1) is 14.0. The predicted octanol–water partition coefficient (Wildman–Crippen LogP) is 1.54. The van der Waals surface area contributed by atoms with Gasteiger partial charge in [0.2, 0.25) is 11.8 Å². The minimum absolute atomic E-state index is 0.126. The number of carbonyl (C=O) groups is 3. The highest BCUT2D eigenvalue weighted by atomic mass is 32.1. The second-order valence-electron chi connectivity index (χ2n) is 6.68. The first kappa shape index (κ1) is 20.7. The molecule has 1 atom stereocenters. The van der Waals surface area contributed by atoms with Gasteiger partial charge in [-0.15, -0.1) is 0 Å². The fraction of sp³-hybridized carbons (Fsp3) is 0.333. The maximum atomic E-state index is 12.6. The Morgan fingerprint density at radius 3 is 2.79 bits per heavy atom. The van der Waals surface area contributed by atoms with E-state index >= 15 is 0 Å². The molecule has 7 nitrogen and oxygen atoms in total. The number of hydrogen-bond acceptors (Lipinski definition) is 5. The van der Waals surface area contributed by atoms with Crippen LogP contribution in [0.15, 0.2) is 42.5 Å². The Kier molecular flexibility index (Phi) is 6.77. The van der Waals surface area contributed by atoms with E-state index in [-0.39, 0.29) is 36.4 Å². The Morgan fingerprint density at radius 2 is 2.00 bits per heavy atom. The van der Waals surface area contributed by atoms with Crippen LogP contribution in [0.3, 0.4) is 0 Å². The molecular formula is C21H23N3O4S. The molecule has 1 fully saturated rings. The summed E-state index contributed by atoms with van der Waals surface area (Å²) in [5, 5.41) is 7.63. The zero-order valence-electron chi connectivity index (χ0n) is 16.1. The van der Waals surface area contributed by atoms with Crippen LogP contribution in [-0.4, -0.2) is 53.5 Å². The van der Waals surface area contributed by atoms with Gasteiger partial charge in [0.1, 0.15) is 6.04 Å². The minimum Gasteiger partial charge on any atom is -0.466 e. The first-order valence-electron chi connectivity index (χ1n) is 9.50. The third kappa shape index (κ3) is 5.08. The molecule has 2 aromatic rings. The van der Waals surface area contributed by atoms with Crippen molar-refractivity contribution < 1.29 is 19.1 Å². The van der Waals surface area contributed by atoms with Crippen molar-refractivity contribution in [1.29, 1.82) is 0 Å². The van der Waals surface area contributed by atoms with Crippen molar-refractivity contribution in [3.8, 4) is 0 Å². The minimum atomic E-state index is -0.798. The number of ether oxygens (including phenoxy) is 1. The van der Waals surface area contributed by atoms with Crippen LogP contribution in [0.25, 0.3) is 10.8 Å². The van der Waals surface area contributed by atoms with Crippen LogP contribution in [0.4, 0.5) is 0 Å². The van der Waals surface area contributed by atoms with Crippen molar-refractivity contribution in [2.45, 2.75) is 25.8 Å². The van der Waals surface area contributed by atoms with E-state index in [2.05, 4.69) is 10.6 Å². The number of thiocarbonyl (C=S) groups is 1. The van der Waals surface area contributed by atoms with Crippen LogP contribution >= 0.6 is 12.2 Å². The Morgan fingerprint density at radius 1 is 1.24 bits per heavy atom. The van der Waals surface area contributed by atoms with Gasteiger partial charge in [0.15, 0.2) is 5.11 Å². The largest absolute Gasteiger partial charge is 0.466 e. The summed E-state index contributed by atoms with van der Waals surface area (Å²) in [4.78, 5) is 38.3. The lowest BCUT2D eigenvalue weighted by Gasteiger charge is -2.36. The monoisotopic (exact) mass is 413 g/mol. The summed E-state index contributed by atoms with van der Waals surface area (Å²) in [6, 6.07) is 12.9. The summed E-state index contributed by atoms with van der Waals surface area (Å²) < 4.78 is 4.95. The summed E-state index contributed by atoms with van der Waals surface area (Å²) in [6.45, 7) is 2.73. The van der Waals surface area contributed by atoms with Gasteiger partial charge in [-0.05, 0) is 35.5 Å². The topological polar surface area (TPSA) is 87.7 Å². The molecule has 2 N–H and O–H groups in total.